The first-order chi connectivity index (χ1) is 19.5. The minimum Gasteiger partial charge on any atom is -0.493 e. The van der Waals surface area contributed by atoms with Crippen molar-refractivity contribution in [1.29, 1.82) is 0 Å². The van der Waals surface area contributed by atoms with Gasteiger partial charge >= 0.3 is 0 Å². The number of benzene rings is 4. The molecule has 4 aromatic carbocycles. The Labute approximate surface area is 241 Å². The molecule has 0 bridgehead atoms. The van der Waals surface area contributed by atoms with Gasteiger partial charge in [-0.3, -0.25) is 9.59 Å². The first-order valence-electron chi connectivity index (χ1n) is 12.9. The fourth-order valence-electron chi connectivity index (χ4n) is 4.52. The lowest BCUT2D eigenvalue weighted by atomic mass is 10.1. The minimum absolute atomic E-state index is 0.0460. The molecule has 0 atom stereocenters. The molecule has 0 aliphatic rings. The number of carbonyl (C=O) groups is 1. The topological polar surface area (TPSA) is 67.9 Å². The van der Waals surface area contributed by atoms with Crippen LogP contribution in [0, 0.1) is 0 Å². The molecule has 0 spiro atoms. The number of rotatable bonds is 10. The van der Waals surface area contributed by atoms with Gasteiger partial charge in [-0.1, -0.05) is 18.2 Å². The Bertz CT molecular complexity index is 1720. The molecular weight excluding hydrogens is 540 g/mol. The van der Waals surface area contributed by atoms with Gasteiger partial charge in [-0.05, 0) is 72.8 Å². The van der Waals surface area contributed by atoms with Crippen LogP contribution in [0.2, 0.25) is 0 Å². The molecule has 5 rings (SSSR count). The molecule has 0 saturated carbocycles. The number of hydrogen-bond acceptors (Lipinski definition) is 7. The molecule has 0 saturated heterocycles. The maximum Gasteiger partial charge on any atom is 0.257 e. The van der Waals surface area contributed by atoms with Gasteiger partial charge in [0.1, 0.15) is 0 Å². The standard InChI is InChI=1S/C32H30N2O4S2/c1-34(22-14-17-27(37-2)28(20-22)38-3)18-7-19-39-23-15-12-21(13-16-23)33-32(36)26-10-6-9-25-30(35)24-8-4-5-11-29(24)40-31(25)26/h4-6,8-17,20H,7,18-19H2,1-3H3,(H,33,36). The third-order valence-corrected chi connectivity index (χ3v) is 8.99. The Balaban J connectivity index is 1.18. The number of methoxy groups -OCH3 is 2. The van der Waals surface area contributed by atoms with Crippen molar-refractivity contribution in [3.05, 3.63) is 101 Å². The molecule has 1 aromatic heterocycles. The summed E-state index contributed by atoms with van der Waals surface area (Å²) in [6.07, 6.45) is 1.01. The van der Waals surface area contributed by atoms with Crippen LogP contribution in [0.3, 0.4) is 0 Å². The highest BCUT2D eigenvalue weighted by atomic mass is 32.2. The van der Waals surface area contributed by atoms with Crippen molar-refractivity contribution < 1.29 is 14.3 Å². The second-order valence-electron chi connectivity index (χ2n) is 9.25. The summed E-state index contributed by atoms with van der Waals surface area (Å²) < 4.78 is 12.3. The lowest BCUT2D eigenvalue weighted by molar-refractivity contribution is 0.102. The summed E-state index contributed by atoms with van der Waals surface area (Å²) in [6.45, 7) is 0.906. The van der Waals surface area contributed by atoms with Crippen LogP contribution in [-0.2, 0) is 0 Å². The van der Waals surface area contributed by atoms with Crippen molar-refractivity contribution in [3.8, 4) is 11.5 Å². The highest BCUT2D eigenvalue weighted by Gasteiger charge is 2.15. The average Bonchev–Trinajstić information content (AvgIpc) is 2.99. The number of nitrogens with zero attached hydrogens (tertiary/aromatic N) is 1. The molecule has 0 aliphatic carbocycles. The van der Waals surface area contributed by atoms with Gasteiger partial charge in [-0.25, -0.2) is 0 Å². The zero-order valence-electron chi connectivity index (χ0n) is 22.6. The van der Waals surface area contributed by atoms with Crippen molar-refractivity contribution in [3.63, 3.8) is 0 Å². The maximum absolute atomic E-state index is 13.2. The number of amides is 1. The van der Waals surface area contributed by atoms with Gasteiger partial charge in [0, 0.05) is 51.4 Å². The van der Waals surface area contributed by atoms with Crippen LogP contribution in [0.25, 0.3) is 20.2 Å². The number of thioether (sulfide) groups is 1. The lowest BCUT2D eigenvalue weighted by Crippen LogP contribution is -2.19. The third-order valence-electron chi connectivity index (χ3n) is 6.67. The van der Waals surface area contributed by atoms with Crippen LogP contribution in [0.5, 0.6) is 11.5 Å². The summed E-state index contributed by atoms with van der Waals surface area (Å²) in [5.74, 6) is 2.18. The smallest absolute Gasteiger partial charge is 0.257 e. The predicted octanol–water partition coefficient (Wildman–Crippen LogP) is 7.30. The van der Waals surface area contributed by atoms with E-state index in [9.17, 15) is 9.59 Å². The van der Waals surface area contributed by atoms with E-state index in [4.69, 9.17) is 9.47 Å². The van der Waals surface area contributed by atoms with Gasteiger partial charge in [0.15, 0.2) is 16.9 Å². The van der Waals surface area contributed by atoms with E-state index in [0.717, 1.165) is 45.5 Å². The monoisotopic (exact) mass is 570 g/mol. The summed E-state index contributed by atoms with van der Waals surface area (Å²) in [7, 11) is 5.35. The molecule has 0 radical (unpaired) electrons. The summed E-state index contributed by atoms with van der Waals surface area (Å²) >= 11 is 3.25. The van der Waals surface area contributed by atoms with Gasteiger partial charge in [0.2, 0.25) is 0 Å². The molecule has 40 heavy (non-hydrogen) atoms. The van der Waals surface area contributed by atoms with E-state index in [2.05, 4.69) is 17.3 Å². The highest BCUT2D eigenvalue weighted by molar-refractivity contribution is 7.99. The van der Waals surface area contributed by atoms with E-state index >= 15 is 0 Å². The summed E-state index contributed by atoms with van der Waals surface area (Å²) in [6, 6.07) is 26.6. The van der Waals surface area contributed by atoms with Gasteiger partial charge in [-0.2, -0.15) is 0 Å². The van der Waals surface area contributed by atoms with Gasteiger partial charge < -0.3 is 19.7 Å². The van der Waals surface area contributed by atoms with Crippen molar-refractivity contribution in [2.75, 3.05) is 43.8 Å². The van der Waals surface area contributed by atoms with Crippen LogP contribution in [0.1, 0.15) is 16.8 Å². The van der Waals surface area contributed by atoms with Gasteiger partial charge in [0.05, 0.1) is 24.5 Å². The Hall–Kier alpha value is -4.01. The van der Waals surface area contributed by atoms with Crippen LogP contribution >= 0.6 is 23.1 Å². The lowest BCUT2D eigenvalue weighted by Gasteiger charge is -2.20. The van der Waals surface area contributed by atoms with E-state index in [1.807, 2.05) is 66.7 Å². The Morgan fingerprint density at radius 2 is 1.65 bits per heavy atom. The van der Waals surface area contributed by atoms with E-state index in [1.165, 1.54) is 11.3 Å². The van der Waals surface area contributed by atoms with Gasteiger partial charge in [-0.15, -0.1) is 23.1 Å². The summed E-state index contributed by atoms with van der Waals surface area (Å²) in [5.41, 5.74) is 2.25. The van der Waals surface area contributed by atoms with E-state index in [-0.39, 0.29) is 11.3 Å². The quantitative estimate of drug-likeness (QED) is 0.108. The zero-order chi connectivity index (χ0) is 28.1. The highest BCUT2D eigenvalue weighted by Crippen LogP contribution is 2.32. The average molecular weight is 571 g/mol. The normalized spacial score (nSPS) is 11.0. The van der Waals surface area contributed by atoms with E-state index < -0.39 is 0 Å². The number of fused-ring (bicyclic) bond motifs is 2. The molecule has 204 valence electrons. The van der Waals surface area contributed by atoms with Crippen molar-refractivity contribution in [2.24, 2.45) is 0 Å². The largest absolute Gasteiger partial charge is 0.493 e. The van der Waals surface area contributed by atoms with Crippen molar-refractivity contribution >= 4 is 60.6 Å². The molecule has 1 amide bonds. The minimum atomic E-state index is -0.227. The fraction of sp³-hybridized carbons (Fsp3) is 0.188. The van der Waals surface area contributed by atoms with Crippen molar-refractivity contribution in [1.82, 2.24) is 0 Å². The molecule has 0 unspecified atom stereocenters. The number of carbonyl (C=O) groups excluding carboxylic acids is 1. The Morgan fingerprint density at radius 1 is 0.900 bits per heavy atom. The second kappa shape index (κ2) is 12.4. The number of anilines is 2. The van der Waals surface area contributed by atoms with Crippen LogP contribution in [-0.4, -0.2) is 39.5 Å². The fourth-order valence-corrected chi connectivity index (χ4v) is 6.54. The van der Waals surface area contributed by atoms with E-state index in [0.29, 0.717) is 26.7 Å². The predicted molar refractivity (Wildman–Crippen MR) is 168 cm³/mol. The van der Waals surface area contributed by atoms with Crippen LogP contribution in [0.15, 0.2) is 94.6 Å². The molecule has 0 fully saturated rings. The Morgan fingerprint density at radius 3 is 2.42 bits per heavy atom. The zero-order valence-corrected chi connectivity index (χ0v) is 24.2. The number of hydrogen-bond donors (Lipinski definition) is 1. The van der Waals surface area contributed by atoms with Gasteiger partial charge in [0.25, 0.3) is 5.91 Å². The molecule has 5 aromatic rings. The number of ether oxygens (including phenoxy) is 2. The SMILES string of the molecule is COc1ccc(N(C)CCCSc2ccc(NC(=O)c3cccc4c(=O)c5ccccc5sc34)cc2)cc1OC. The first-order valence-corrected chi connectivity index (χ1v) is 14.7. The molecule has 6 nitrogen and oxygen atoms in total. The van der Waals surface area contributed by atoms with E-state index in [1.54, 1.807) is 44.2 Å². The van der Waals surface area contributed by atoms with Crippen molar-refractivity contribution in [2.45, 2.75) is 11.3 Å². The summed E-state index contributed by atoms with van der Waals surface area (Å²) in [5, 5.41) is 4.24. The molecular formula is C32H30N2O4S2. The third kappa shape index (κ3) is 5.93. The van der Waals surface area contributed by atoms with Crippen LogP contribution < -0.4 is 25.1 Å². The molecule has 1 N–H and O–H groups in total. The first kappa shape index (κ1) is 27.6. The molecule has 0 aliphatic heterocycles. The second-order valence-corrected chi connectivity index (χ2v) is 11.5. The Kier molecular flexibility index (Phi) is 8.57. The molecule has 8 heteroatoms. The molecule has 1 heterocycles. The number of nitrogens with one attached hydrogen (secondary N) is 1. The maximum atomic E-state index is 13.2. The summed E-state index contributed by atoms with van der Waals surface area (Å²) in [4.78, 5) is 29.5. The van der Waals surface area contributed by atoms with Crippen LogP contribution in [0.4, 0.5) is 11.4 Å².